The van der Waals surface area contributed by atoms with Gasteiger partial charge in [-0.25, -0.2) is 0 Å². The summed E-state index contributed by atoms with van der Waals surface area (Å²) in [6.07, 6.45) is 2.80. The van der Waals surface area contributed by atoms with Crippen LogP contribution in [0.1, 0.15) is 0 Å². The molecule has 0 atom stereocenters. The van der Waals surface area contributed by atoms with Crippen LogP contribution in [0.2, 0.25) is 0 Å². The van der Waals surface area contributed by atoms with Crippen LogP contribution in [0.4, 0.5) is 5.69 Å². The number of hydrogen-bond donors (Lipinski definition) is 0. The molecule has 0 fully saturated rings. The molecule has 0 radical (unpaired) electrons. The van der Waals surface area contributed by atoms with E-state index < -0.39 is 15.0 Å². The van der Waals surface area contributed by atoms with Gasteiger partial charge in [-0.1, -0.05) is 12.1 Å². The fraction of sp³-hybridized carbons (Fsp3) is 0. The predicted octanol–water partition coefficient (Wildman–Crippen LogP) is 0.700. The van der Waals surface area contributed by atoms with Gasteiger partial charge < -0.3 is 0 Å². The van der Waals surface area contributed by atoms with Crippen LogP contribution < -0.4 is 9.01 Å². The summed E-state index contributed by atoms with van der Waals surface area (Å²) in [6.45, 7) is 0. The number of non-ortho nitro benzene ring substituents is 1. The molecule has 1 heterocycles. The highest BCUT2D eigenvalue weighted by Gasteiger charge is 2.23. The third kappa shape index (κ3) is 3.05. The van der Waals surface area contributed by atoms with Crippen LogP contribution in [0.15, 0.2) is 59.8 Å². The monoisotopic (exact) mass is 281 g/mol. The zero-order valence-electron chi connectivity index (χ0n) is 9.54. The molecule has 0 unspecified atom stereocenters. The van der Waals surface area contributed by atoms with E-state index in [4.69, 9.17) is 4.28 Å². The average Bonchev–Trinajstić information content (AvgIpc) is 2.39. The third-order valence-electron chi connectivity index (χ3n) is 2.19. The molecule has 0 aliphatic heterocycles. The molecule has 2 aromatic rings. The third-order valence-corrected chi connectivity index (χ3v) is 3.39. The molecule has 7 nitrogen and oxygen atoms in total. The van der Waals surface area contributed by atoms with E-state index in [9.17, 15) is 18.5 Å². The fourth-order valence-corrected chi connectivity index (χ4v) is 2.26. The number of rotatable bonds is 4. The quantitative estimate of drug-likeness (QED) is 0.467. The van der Waals surface area contributed by atoms with Crippen molar-refractivity contribution in [2.24, 2.45) is 0 Å². The maximum Gasteiger partial charge on any atom is 0.396 e. The molecular formula is C11H9N2O5S+. The Bertz CT molecular complexity index is 700. The first-order valence-electron chi connectivity index (χ1n) is 5.15. The van der Waals surface area contributed by atoms with Gasteiger partial charge in [0, 0.05) is 29.0 Å². The van der Waals surface area contributed by atoms with Gasteiger partial charge in [0.15, 0.2) is 0 Å². The van der Waals surface area contributed by atoms with Crippen molar-refractivity contribution in [2.75, 3.05) is 0 Å². The molecule has 0 aliphatic rings. The Morgan fingerprint density at radius 2 is 1.79 bits per heavy atom. The normalized spacial score (nSPS) is 10.9. The van der Waals surface area contributed by atoms with E-state index in [0.717, 1.165) is 10.8 Å². The molecule has 2 rings (SSSR count). The van der Waals surface area contributed by atoms with Crippen molar-refractivity contribution in [1.29, 1.82) is 0 Å². The Hall–Kier alpha value is -2.48. The van der Waals surface area contributed by atoms with Crippen LogP contribution in [0.5, 0.6) is 0 Å². The van der Waals surface area contributed by atoms with Gasteiger partial charge in [0.05, 0.1) is 4.92 Å². The van der Waals surface area contributed by atoms with Crippen LogP contribution in [0.25, 0.3) is 0 Å². The summed E-state index contributed by atoms with van der Waals surface area (Å²) in [5.74, 6) is 0. The van der Waals surface area contributed by atoms with E-state index in [1.807, 2.05) is 0 Å². The standard InChI is InChI=1S/C11H9N2O5S/c14-13(15)10-5-4-6-11(9-10)19(16,17)18-12-7-2-1-3-8-12/h1-9H/q+1. The minimum atomic E-state index is -4.11. The molecule has 0 aliphatic carbocycles. The van der Waals surface area contributed by atoms with Crippen molar-refractivity contribution in [3.8, 4) is 0 Å². The minimum absolute atomic E-state index is 0.280. The molecular weight excluding hydrogens is 272 g/mol. The lowest BCUT2D eigenvalue weighted by Gasteiger charge is -2.00. The first-order valence-corrected chi connectivity index (χ1v) is 6.55. The largest absolute Gasteiger partial charge is 0.396 e. The minimum Gasteiger partial charge on any atom is -0.258 e. The number of hydrogen-bond acceptors (Lipinski definition) is 5. The molecule has 0 saturated heterocycles. The summed E-state index contributed by atoms with van der Waals surface area (Å²) >= 11 is 0. The van der Waals surface area contributed by atoms with E-state index in [-0.39, 0.29) is 10.6 Å². The van der Waals surface area contributed by atoms with Gasteiger partial charge in [-0.2, -0.15) is 8.42 Å². The summed E-state index contributed by atoms with van der Waals surface area (Å²) < 4.78 is 29.6. The highest BCUT2D eigenvalue weighted by Crippen LogP contribution is 2.17. The fourth-order valence-electron chi connectivity index (χ4n) is 1.34. The number of nitro benzene ring substituents is 1. The van der Waals surface area contributed by atoms with Crippen LogP contribution in [-0.2, 0) is 10.1 Å². The Morgan fingerprint density at radius 1 is 1.11 bits per heavy atom. The molecule has 8 heteroatoms. The molecule has 0 bridgehead atoms. The average molecular weight is 281 g/mol. The van der Waals surface area contributed by atoms with Gasteiger partial charge in [0.2, 0.25) is 12.4 Å². The lowest BCUT2D eigenvalue weighted by Crippen LogP contribution is -2.44. The zero-order valence-corrected chi connectivity index (χ0v) is 10.4. The maximum absolute atomic E-state index is 11.9. The first kappa shape index (κ1) is 13.0. The molecule has 1 aromatic carbocycles. The van der Waals surface area contributed by atoms with Crippen LogP contribution in [0.3, 0.4) is 0 Å². The molecule has 1 aromatic heterocycles. The van der Waals surface area contributed by atoms with Crippen molar-refractivity contribution in [1.82, 2.24) is 0 Å². The number of pyridine rings is 1. The Labute approximate surface area is 108 Å². The highest BCUT2D eigenvalue weighted by atomic mass is 32.2. The summed E-state index contributed by atoms with van der Waals surface area (Å²) in [5, 5.41) is 10.6. The van der Waals surface area contributed by atoms with Crippen LogP contribution in [-0.4, -0.2) is 13.3 Å². The van der Waals surface area contributed by atoms with Crippen molar-refractivity contribution in [2.45, 2.75) is 4.90 Å². The molecule has 98 valence electrons. The summed E-state index contributed by atoms with van der Waals surface area (Å²) in [5.41, 5.74) is -0.317. The SMILES string of the molecule is O=[N+]([O-])c1cccc(S(=O)(=O)O[n+]2ccccc2)c1. The predicted molar refractivity (Wildman–Crippen MR) is 63.5 cm³/mol. The lowest BCUT2D eigenvalue weighted by molar-refractivity contribution is -0.856. The first-order chi connectivity index (χ1) is 8.99. The second kappa shape index (κ2) is 5.02. The maximum atomic E-state index is 11.9. The van der Waals surface area contributed by atoms with Crippen molar-refractivity contribution >= 4 is 15.8 Å². The molecule has 0 spiro atoms. The van der Waals surface area contributed by atoms with Crippen molar-refractivity contribution in [3.63, 3.8) is 0 Å². The van der Waals surface area contributed by atoms with Gasteiger partial charge in [-0.3, -0.25) is 10.1 Å². The van der Waals surface area contributed by atoms with Gasteiger partial charge in [0.1, 0.15) is 4.90 Å². The summed E-state index contributed by atoms with van der Waals surface area (Å²) in [6, 6.07) is 9.52. The van der Waals surface area contributed by atoms with Gasteiger partial charge >= 0.3 is 10.1 Å². The molecule has 0 N–H and O–H groups in total. The molecule has 19 heavy (non-hydrogen) atoms. The van der Waals surface area contributed by atoms with E-state index in [1.165, 1.54) is 30.6 Å². The van der Waals surface area contributed by atoms with Crippen molar-refractivity contribution in [3.05, 3.63) is 65.0 Å². The van der Waals surface area contributed by atoms with E-state index in [0.29, 0.717) is 0 Å². The van der Waals surface area contributed by atoms with E-state index >= 15 is 0 Å². The number of benzene rings is 1. The Balaban J connectivity index is 2.35. The van der Waals surface area contributed by atoms with Crippen LogP contribution >= 0.6 is 0 Å². The second-order valence-electron chi connectivity index (χ2n) is 3.52. The number of nitrogens with zero attached hydrogens (tertiary/aromatic N) is 2. The lowest BCUT2D eigenvalue weighted by atomic mass is 10.3. The zero-order chi connectivity index (χ0) is 13.9. The number of nitro groups is 1. The van der Waals surface area contributed by atoms with Crippen molar-refractivity contribution < 1.29 is 22.4 Å². The van der Waals surface area contributed by atoms with E-state index in [1.54, 1.807) is 18.2 Å². The van der Waals surface area contributed by atoms with E-state index in [2.05, 4.69) is 0 Å². The van der Waals surface area contributed by atoms with Gasteiger partial charge in [-0.05, 0) is 6.07 Å². The molecule has 0 saturated carbocycles. The van der Waals surface area contributed by atoms with Gasteiger partial charge in [0.25, 0.3) is 5.69 Å². The van der Waals surface area contributed by atoms with Gasteiger partial charge in [-0.15, -0.1) is 4.28 Å². The Morgan fingerprint density at radius 3 is 2.42 bits per heavy atom. The molecule has 0 amide bonds. The smallest absolute Gasteiger partial charge is 0.258 e. The summed E-state index contributed by atoms with van der Waals surface area (Å²) in [4.78, 5) is 9.65. The second-order valence-corrected chi connectivity index (χ2v) is 5.05. The highest BCUT2D eigenvalue weighted by molar-refractivity contribution is 7.86. The number of aromatic nitrogens is 1. The Kier molecular flexibility index (Phi) is 3.43. The topological polar surface area (TPSA) is 90.4 Å². The summed E-state index contributed by atoms with van der Waals surface area (Å²) in [7, 11) is -4.11. The van der Waals surface area contributed by atoms with Crippen LogP contribution in [0, 0.1) is 10.1 Å².